The maximum absolute atomic E-state index is 12.5. The molecule has 0 aliphatic carbocycles. The standard InChI is InChI=1S/C15H24BrN3O4S2/c1-5-25(21,22)18-11-6-7-19(14(20)23-15(2,3)4)12(11)8-10-9-24-13(16)17-10/h9,11-12,18H,5-8H2,1-4H3/t11-,12-/m0/s1. The number of carbonyl (C=O) groups excluding carboxylic acids is 1. The summed E-state index contributed by atoms with van der Waals surface area (Å²) in [5, 5.41) is 1.90. The van der Waals surface area contributed by atoms with Gasteiger partial charge in [0, 0.05) is 24.4 Å². The lowest BCUT2D eigenvalue weighted by Gasteiger charge is -2.30. The molecule has 1 aromatic rings. The summed E-state index contributed by atoms with van der Waals surface area (Å²) >= 11 is 4.79. The van der Waals surface area contributed by atoms with E-state index in [9.17, 15) is 13.2 Å². The van der Waals surface area contributed by atoms with E-state index in [4.69, 9.17) is 4.74 Å². The van der Waals surface area contributed by atoms with Crippen molar-refractivity contribution < 1.29 is 17.9 Å². The highest BCUT2D eigenvalue weighted by molar-refractivity contribution is 9.11. The van der Waals surface area contributed by atoms with Crippen LogP contribution in [-0.2, 0) is 21.2 Å². The number of hydrogen-bond acceptors (Lipinski definition) is 6. The summed E-state index contributed by atoms with van der Waals surface area (Å²) in [4.78, 5) is 18.5. The lowest BCUT2D eigenvalue weighted by molar-refractivity contribution is 0.0218. The molecule has 2 atom stereocenters. The molecule has 2 rings (SSSR count). The SMILES string of the molecule is CCS(=O)(=O)N[C@H]1CCN(C(=O)OC(C)(C)C)[C@H]1Cc1csc(Br)n1. The average molecular weight is 454 g/mol. The summed E-state index contributed by atoms with van der Waals surface area (Å²) in [6, 6.07) is -0.678. The highest BCUT2D eigenvalue weighted by atomic mass is 79.9. The topological polar surface area (TPSA) is 88.6 Å². The minimum absolute atomic E-state index is 0.00487. The number of carbonyl (C=O) groups is 1. The van der Waals surface area contributed by atoms with Gasteiger partial charge in [-0.3, -0.25) is 0 Å². The van der Waals surface area contributed by atoms with Crippen LogP contribution in [-0.4, -0.2) is 54.4 Å². The molecule has 1 aromatic heterocycles. The molecule has 1 amide bonds. The zero-order chi connectivity index (χ0) is 18.8. The second-order valence-electron chi connectivity index (χ2n) is 6.95. The van der Waals surface area contributed by atoms with Gasteiger partial charge in [0.05, 0.1) is 17.5 Å². The Kier molecular flexibility index (Phi) is 6.50. The Hall–Kier alpha value is -0.710. The molecule has 10 heteroatoms. The molecule has 0 saturated carbocycles. The Morgan fingerprint density at radius 2 is 2.20 bits per heavy atom. The van der Waals surface area contributed by atoms with Crippen molar-refractivity contribution in [3.63, 3.8) is 0 Å². The molecule has 0 spiro atoms. The quantitative estimate of drug-likeness (QED) is 0.739. The summed E-state index contributed by atoms with van der Waals surface area (Å²) < 4.78 is 32.9. The van der Waals surface area contributed by atoms with Crippen molar-refractivity contribution in [2.24, 2.45) is 0 Å². The number of sulfonamides is 1. The molecular weight excluding hydrogens is 430 g/mol. The van der Waals surface area contributed by atoms with E-state index >= 15 is 0 Å². The fourth-order valence-electron chi connectivity index (χ4n) is 2.70. The Morgan fingerprint density at radius 1 is 1.52 bits per heavy atom. The molecule has 2 heterocycles. The number of rotatable bonds is 5. The highest BCUT2D eigenvalue weighted by Crippen LogP contribution is 2.26. The normalized spacial score (nSPS) is 21.6. The van der Waals surface area contributed by atoms with Gasteiger partial charge in [0.2, 0.25) is 10.0 Å². The van der Waals surface area contributed by atoms with E-state index in [1.165, 1.54) is 11.3 Å². The molecule has 7 nitrogen and oxygen atoms in total. The first kappa shape index (κ1) is 20.6. The van der Waals surface area contributed by atoms with Crippen LogP contribution in [0.5, 0.6) is 0 Å². The predicted molar refractivity (Wildman–Crippen MR) is 101 cm³/mol. The summed E-state index contributed by atoms with van der Waals surface area (Å²) in [5.74, 6) is 0.00487. The number of aromatic nitrogens is 1. The van der Waals surface area contributed by atoms with Gasteiger partial charge in [0.1, 0.15) is 5.60 Å². The second kappa shape index (κ2) is 7.89. The van der Waals surface area contributed by atoms with Crippen LogP contribution >= 0.6 is 27.3 Å². The number of nitrogens with zero attached hydrogens (tertiary/aromatic N) is 2. The third-order valence-corrected chi connectivity index (χ3v) is 6.66. The zero-order valence-corrected chi connectivity index (χ0v) is 18.0. The molecule has 1 aliphatic rings. The minimum atomic E-state index is -3.36. The van der Waals surface area contributed by atoms with E-state index in [0.29, 0.717) is 19.4 Å². The van der Waals surface area contributed by atoms with Crippen LogP contribution in [0.2, 0.25) is 0 Å². The van der Waals surface area contributed by atoms with E-state index in [2.05, 4.69) is 25.6 Å². The largest absolute Gasteiger partial charge is 0.444 e. The lowest BCUT2D eigenvalue weighted by Crippen LogP contribution is -2.49. The lowest BCUT2D eigenvalue weighted by atomic mass is 10.1. The molecule has 0 aromatic carbocycles. The molecule has 1 aliphatic heterocycles. The van der Waals surface area contributed by atoms with Gasteiger partial charge < -0.3 is 9.64 Å². The Bertz CT molecular complexity index is 715. The molecule has 25 heavy (non-hydrogen) atoms. The maximum Gasteiger partial charge on any atom is 0.410 e. The van der Waals surface area contributed by atoms with E-state index in [-0.39, 0.29) is 17.8 Å². The molecule has 0 radical (unpaired) electrons. The Labute approximate surface area is 161 Å². The molecular formula is C15H24BrN3O4S2. The highest BCUT2D eigenvalue weighted by Gasteiger charge is 2.40. The van der Waals surface area contributed by atoms with Crippen LogP contribution in [0.4, 0.5) is 4.79 Å². The van der Waals surface area contributed by atoms with Crippen molar-refractivity contribution in [1.29, 1.82) is 0 Å². The van der Waals surface area contributed by atoms with Gasteiger partial charge in [-0.25, -0.2) is 22.9 Å². The van der Waals surface area contributed by atoms with E-state index < -0.39 is 21.7 Å². The minimum Gasteiger partial charge on any atom is -0.444 e. The van der Waals surface area contributed by atoms with Crippen molar-refractivity contribution in [3.8, 4) is 0 Å². The van der Waals surface area contributed by atoms with Gasteiger partial charge in [-0.2, -0.15) is 0 Å². The fourth-order valence-corrected chi connectivity index (χ4v) is 4.66. The number of nitrogens with one attached hydrogen (secondary N) is 1. The zero-order valence-electron chi connectivity index (χ0n) is 14.8. The van der Waals surface area contributed by atoms with Crippen LogP contribution in [0, 0.1) is 0 Å². The van der Waals surface area contributed by atoms with E-state index in [1.54, 1.807) is 11.8 Å². The van der Waals surface area contributed by atoms with Crippen LogP contribution in [0.25, 0.3) is 0 Å². The molecule has 142 valence electrons. The van der Waals surface area contributed by atoms with E-state index in [0.717, 1.165) is 9.61 Å². The monoisotopic (exact) mass is 453 g/mol. The van der Waals surface area contributed by atoms with Gasteiger partial charge in [-0.1, -0.05) is 0 Å². The number of hydrogen-bond donors (Lipinski definition) is 1. The van der Waals surface area contributed by atoms with Crippen LogP contribution in [0.1, 0.15) is 39.8 Å². The fraction of sp³-hybridized carbons (Fsp3) is 0.733. The van der Waals surface area contributed by atoms with Gasteiger partial charge >= 0.3 is 6.09 Å². The van der Waals surface area contributed by atoms with E-state index in [1.807, 2.05) is 26.2 Å². The van der Waals surface area contributed by atoms with Crippen molar-refractivity contribution in [3.05, 3.63) is 15.0 Å². The predicted octanol–water partition coefficient (Wildman–Crippen LogP) is 2.77. The molecule has 1 saturated heterocycles. The first-order chi connectivity index (χ1) is 11.5. The smallest absolute Gasteiger partial charge is 0.410 e. The van der Waals surface area contributed by atoms with Gasteiger partial charge in [-0.05, 0) is 50.0 Å². The molecule has 0 unspecified atom stereocenters. The summed E-state index contributed by atoms with van der Waals surface area (Å²) in [7, 11) is -3.36. The summed E-state index contributed by atoms with van der Waals surface area (Å²) in [6.07, 6.45) is 0.595. The second-order valence-corrected chi connectivity index (χ2v) is 11.1. The number of thiazole rings is 1. The molecule has 1 fully saturated rings. The van der Waals surface area contributed by atoms with Gasteiger partial charge in [0.15, 0.2) is 3.92 Å². The Balaban J connectivity index is 2.21. The number of amides is 1. The Morgan fingerprint density at radius 3 is 2.72 bits per heavy atom. The maximum atomic E-state index is 12.5. The van der Waals surface area contributed by atoms with Crippen LogP contribution in [0.3, 0.4) is 0 Å². The van der Waals surface area contributed by atoms with Crippen molar-refractivity contribution in [1.82, 2.24) is 14.6 Å². The average Bonchev–Trinajstić information content (AvgIpc) is 3.04. The van der Waals surface area contributed by atoms with Gasteiger partial charge in [-0.15, -0.1) is 11.3 Å². The number of ether oxygens (including phenoxy) is 1. The third-order valence-electron chi connectivity index (χ3n) is 3.83. The molecule has 1 N–H and O–H groups in total. The van der Waals surface area contributed by atoms with Crippen LogP contribution in [0.15, 0.2) is 9.30 Å². The van der Waals surface area contributed by atoms with Crippen molar-refractivity contribution in [2.45, 2.75) is 58.2 Å². The van der Waals surface area contributed by atoms with Crippen LogP contribution < -0.4 is 4.72 Å². The first-order valence-electron chi connectivity index (χ1n) is 8.10. The van der Waals surface area contributed by atoms with Gasteiger partial charge in [0.25, 0.3) is 0 Å². The van der Waals surface area contributed by atoms with Crippen molar-refractivity contribution in [2.75, 3.05) is 12.3 Å². The third kappa shape index (κ3) is 5.90. The number of likely N-dealkylation sites (tertiary alicyclic amines) is 1. The summed E-state index contributed by atoms with van der Waals surface area (Å²) in [6.45, 7) is 7.47. The summed E-state index contributed by atoms with van der Waals surface area (Å²) in [5.41, 5.74) is 0.213. The van der Waals surface area contributed by atoms with Crippen molar-refractivity contribution >= 4 is 43.4 Å². The number of halogens is 1. The first-order valence-corrected chi connectivity index (χ1v) is 11.4. The molecule has 0 bridgehead atoms.